The van der Waals surface area contributed by atoms with Crippen molar-refractivity contribution in [3.63, 3.8) is 0 Å². The second-order valence-corrected chi connectivity index (χ2v) is 8.28. The molecule has 4 rings (SSSR count). The van der Waals surface area contributed by atoms with E-state index < -0.39 is 0 Å². The fraction of sp³-hybridized carbons (Fsp3) is 0.235. The van der Waals surface area contributed by atoms with Crippen LogP contribution < -0.4 is 28.4 Å². The summed E-state index contributed by atoms with van der Waals surface area (Å²) < 4.78 is 30.0. The number of methoxy groups -OCH3 is 6. The van der Waals surface area contributed by atoms with Gasteiger partial charge in [0.2, 0.25) is 0 Å². The Morgan fingerprint density at radius 1 is 0.405 bits per heavy atom. The van der Waals surface area contributed by atoms with Crippen LogP contribution in [0.15, 0.2) is 97.1 Å². The zero-order chi connectivity index (χ0) is 31.3. The number of carbonyl (C=O) groups is 2. The largest absolute Gasteiger partial charge is 0.497 e. The lowest BCUT2D eigenvalue weighted by Crippen LogP contribution is -1.95. The molecule has 0 saturated carbocycles. The van der Waals surface area contributed by atoms with Crippen LogP contribution in [0.25, 0.3) is 0 Å². The van der Waals surface area contributed by atoms with Crippen LogP contribution in [-0.4, -0.2) is 54.2 Å². The molecule has 0 amide bonds. The molecule has 42 heavy (non-hydrogen) atoms. The van der Waals surface area contributed by atoms with Gasteiger partial charge in [-0.3, -0.25) is 9.59 Å². The third kappa shape index (κ3) is 12.5. The van der Waals surface area contributed by atoms with Crippen molar-refractivity contribution in [2.75, 3.05) is 42.7 Å². The maximum atomic E-state index is 11.0. The van der Waals surface area contributed by atoms with E-state index in [0.29, 0.717) is 22.6 Å². The zero-order valence-electron chi connectivity index (χ0n) is 25.5. The van der Waals surface area contributed by atoms with E-state index in [0.717, 1.165) is 23.0 Å². The molecule has 0 aliphatic rings. The molecule has 0 saturated heterocycles. The van der Waals surface area contributed by atoms with Crippen molar-refractivity contribution >= 4 is 11.6 Å². The molecule has 0 aromatic heterocycles. The number of para-hydroxylation sites is 3. The summed E-state index contributed by atoms with van der Waals surface area (Å²) >= 11 is 0. The monoisotopic (exact) mass is 576 g/mol. The van der Waals surface area contributed by atoms with Crippen LogP contribution in [0, 0.1) is 0 Å². The number of rotatable bonds is 8. The molecule has 0 aliphatic carbocycles. The molecule has 8 nitrogen and oxygen atoms in total. The van der Waals surface area contributed by atoms with Crippen molar-refractivity contribution in [3.8, 4) is 34.5 Å². The molecule has 0 atom stereocenters. The highest BCUT2D eigenvalue weighted by Crippen LogP contribution is 2.27. The van der Waals surface area contributed by atoms with Crippen LogP contribution in [0.1, 0.15) is 34.6 Å². The van der Waals surface area contributed by atoms with Gasteiger partial charge in [0.1, 0.15) is 11.5 Å². The Balaban J connectivity index is 0.000000284. The topological polar surface area (TPSA) is 89.5 Å². The van der Waals surface area contributed by atoms with Crippen LogP contribution in [0.3, 0.4) is 0 Å². The Labute approximate surface area is 248 Å². The van der Waals surface area contributed by atoms with Crippen molar-refractivity contribution in [3.05, 3.63) is 108 Å². The summed E-state index contributed by atoms with van der Waals surface area (Å²) in [4.78, 5) is 21.8. The van der Waals surface area contributed by atoms with Crippen molar-refractivity contribution in [2.24, 2.45) is 0 Å². The molecule has 224 valence electrons. The van der Waals surface area contributed by atoms with Gasteiger partial charge in [0.05, 0.1) is 42.7 Å². The second kappa shape index (κ2) is 20.0. The Morgan fingerprint density at radius 2 is 0.786 bits per heavy atom. The summed E-state index contributed by atoms with van der Waals surface area (Å²) in [6.45, 7) is 3.06. The predicted octanol–water partition coefficient (Wildman–Crippen LogP) is 7.20. The first-order chi connectivity index (χ1) is 20.2. The fourth-order valence-corrected chi connectivity index (χ4v) is 3.22. The van der Waals surface area contributed by atoms with Gasteiger partial charge in [-0.1, -0.05) is 30.3 Å². The van der Waals surface area contributed by atoms with Gasteiger partial charge in [-0.15, -0.1) is 0 Å². The van der Waals surface area contributed by atoms with Gasteiger partial charge in [0, 0.05) is 11.1 Å². The number of Topliss-reactive ketones (excluding diaryl/α,β-unsaturated/α-hetero) is 2. The van der Waals surface area contributed by atoms with Gasteiger partial charge >= 0.3 is 0 Å². The lowest BCUT2D eigenvalue weighted by molar-refractivity contribution is 0.100. The van der Waals surface area contributed by atoms with E-state index in [9.17, 15) is 9.59 Å². The number of ketones is 2. The Kier molecular flexibility index (Phi) is 16.7. The van der Waals surface area contributed by atoms with Crippen LogP contribution in [0.2, 0.25) is 0 Å². The molecule has 0 unspecified atom stereocenters. The van der Waals surface area contributed by atoms with Gasteiger partial charge in [-0.25, -0.2) is 0 Å². The molecule has 0 fully saturated rings. The van der Waals surface area contributed by atoms with E-state index in [4.69, 9.17) is 28.4 Å². The Bertz CT molecular complexity index is 1310. The van der Waals surface area contributed by atoms with Crippen LogP contribution in [-0.2, 0) is 0 Å². The average Bonchev–Trinajstić information content (AvgIpc) is 3.05. The first kappa shape index (κ1) is 35.0. The lowest BCUT2D eigenvalue weighted by atomic mass is 10.1. The van der Waals surface area contributed by atoms with E-state index in [1.807, 2.05) is 54.6 Å². The first-order valence-electron chi connectivity index (χ1n) is 12.9. The minimum Gasteiger partial charge on any atom is -0.497 e. The number of hydrogen-bond donors (Lipinski definition) is 0. The van der Waals surface area contributed by atoms with Crippen molar-refractivity contribution in [1.82, 2.24) is 0 Å². The van der Waals surface area contributed by atoms with Crippen LogP contribution in [0.5, 0.6) is 34.5 Å². The van der Waals surface area contributed by atoms with Crippen molar-refractivity contribution in [1.29, 1.82) is 0 Å². The van der Waals surface area contributed by atoms with Crippen molar-refractivity contribution < 1.29 is 38.0 Å². The summed E-state index contributed by atoms with van der Waals surface area (Å²) in [5.41, 5.74) is 1.34. The fourth-order valence-electron chi connectivity index (χ4n) is 3.22. The third-order valence-electron chi connectivity index (χ3n) is 5.55. The van der Waals surface area contributed by atoms with E-state index >= 15 is 0 Å². The van der Waals surface area contributed by atoms with E-state index in [2.05, 4.69) is 0 Å². The summed E-state index contributed by atoms with van der Waals surface area (Å²) in [5, 5.41) is 0. The second-order valence-electron chi connectivity index (χ2n) is 8.28. The summed E-state index contributed by atoms with van der Waals surface area (Å²) in [5.74, 6) is 4.52. The molecule has 0 aliphatic heterocycles. The Hall–Kier alpha value is -4.98. The molecule has 0 spiro atoms. The zero-order valence-corrected chi connectivity index (χ0v) is 25.5. The molecule has 4 aromatic rings. The highest BCUT2D eigenvalue weighted by molar-refractivity contribution is 5.95. The minimum absolute atomic E-state index is 0.0148. The number of carbonyl (C=O) groups excluding carboxylic acids is 2. The van der Waals surface area contributed by atoms with E-state index in [-0.39, 0.29) is 11.6 Å². The molecule has 4 aromatic carbocycles. The maximum absolute atomic E-state index is 11.0. The first-order valence-corrected chi connectivity index (χ1v) is 12.9. The Morgan fingerprint density at radius 3 is 1.17 bits per heavy atom. The van der Waals surface area contributed by atoms with E-state index in [1.165, 1.54) is 6.92 Å². The molecule has 0 bridgehead atoms. The average molecular weight is 577 g/mol. The highest BCUT2D eigenvalue weighted by Gasteiger charge is 2.06. The van der Waals surface area contributed by atoms with Gasteiger partial charge in [0.15, 0.2) is 34.6 Å². The minimum atomic E-state index is 0.0148. The highest BCUT2D eigenvalue weighted by atomic mass is 16.5. The lowest BCUT2D eigenvalue weighted by Gasteiger charge is -2.07. The SMILES string of the molecule is COc1ccc(C(C)=O)cc1.COc1ccc(C(C)=O)cc1OC.COc1ccccc1.COc1ccccc1OC. The van der Waals surface area contributed by atoms with E-state index in [1.54, 1.807) is 92.0 Å². The van der Waals surface area contributed by atoms with Crippen molar-refractivity contribution in [2.45, 2.75) is 13.8 Å². The number of hydrogen-bond acceptors (Lipinski definition) is 8. The van der Waals surface area contributed by atoms with Gasteiger partial charge in [-0.05, 0) is 80.6 Å². The van der Waals surface area contributed by atoms with Crippen LogP contribution >= 0.6 is 0 Å². The van der Waals surface area contributed by atoms with Gasteiger partial charge in [0.25, 0.3) is 0 Å². The van der Waals surface area contributed by atoms with Crippen LogP contribution in [0.4, 0.5) is 0 Å². The standard InChI is InChI=1S/C10H12O3.C9H10O2.C8H10O2.C7H8O/c1-7(11)8-4-5-9(12-2)10(6-8)13-3;1-7(10)8-3-5-9(11-2)6-4-8;1-9-7-5-3-4-6-8(7)10-2;1-8-7-5-3-2-4-6-7/h4-6H,1-3H3;3-6H,1-2H3;3-6H,1-2H3;2-6H,1H3. The normalized spacial score (nSPS) is 9.14. The maximum Gasteiger partial charge on any atom is 0.161 e. The van der Waals surface area contributed by atoms with Gasteiger partial charge in [-0.2, -0.15) is 0 Å². The molecule has 0 N–H and O–H groups in total. The molecular weight excluding hydrogens is 536 g/mol. The quantitative estimate of drug-likeness (QED) is 0.203. The number of benzene rings is 4. The third-order valence-corrected chi connectivity index (χ3v) is 5.55. The molecule has 0 radical (unpaired) electrons. The number of ether oxygens (including phenoxy) is 6. The summed E-state index contributed by atoms with van der Waals surface area (Å²) in [6.07, 6.45) is 0. The van der Waals surface area contributed by atoms with Gasteiger partial charge < -0.3 is 28.4 Å². The summed E-state index contributed by atoms with van der Waals surface area (Å²) in [7, 11) is 9.61. The predicted molar refractivity (Wildman–Crippen MR) is 165 cm³/mol. The molecule has 0 heterocycles. The molecule has 8 heteroatoms. The molecular formula is C34H40O8. The summed E-state index contributed by atoms with van der Waals surface area (Å²) in [6, 6.07) is 29.4. The smallest absolute Gasteiger partial charge is 0.161 e.